The molecule has 162 valence electrons. The SMILES string of the molecule is CCCC(NC(N)=O)C(=O)Nc1ccc(OC)c(S(=O)(=O)Nc2ccccc2Cl)c1. The molecule has 11 heteroatoms. The number of carbonyl (C=O) groups excluding carboxylic acids is 2. The maximum atomic E-state index is 12.9. The zero-order chi connectivity index (χ0) is 22.3. The summed E-state index contributed by atoms with van der Waals surface area (Å²) in [5, 5.41) is 5.18. The van der Waals surface area contributed by atoms with Gasteiger partial charge in [-0.2, -0.15) is 0 Å². The molecule has 0 saturated heterocycles. The van der Waals surface area contributed by atoms with Crippen LogP contribution in [0.25, 0.3) is 0 Å². The summed E-state index contributed by atoms with van der Waals surface area (Å²) in [6.07, 6.45) is 0.993. The number of para-hydroxylation sites is 1. The average molecular weight is 455 g/mol. The minimum Gasteiger partial charge on any atom is -0.495 e. The number of rotatable bonds is 9. The molecule has 0 saturated carbocycles. The van der Waals surface area contributed by atoms with Crippen LogP contribution in [0.5, 0.6) is 5.75 Å². The molecule has 5 N–H and O–H groups in total. The van der Waals surface area contributed by atoms with Gasteiger partial charge in [0.1, 0.15) is 16.7 Å². The number of carbonyl (C=O) groups is 2. The fraction of sp³-hybridized carbons (Fsp3) is 0.263. The maximum Gasteiger partial charge on any atom is 0.312 e. The summed E-state index contributed by atoms with van der Waals surface area (Å²) < 4.78 is 33.4. The first kappa shape index (κ1) is 23.3. The van der Waals surface area contributed by atoms with E-state index in [1.165, 1.54) is 31.4 Å². The van der Waals surface area contributed by atoms with E-state index in [1.54, 1.807) is 18.2 Å². The second-order valence-electron chi connectivity index (χ2n) is 6.29. The number of urea groups is 1. The van der Waals surface area contributed by atoms with Crippen molar-refractivity contribution in [3.63, 3.8) is 0 Å². The number of ether oxygens (including phenoxy) is 1. The number of halogens is 1. The Morgan fingerprint density at radius 1 is 1.20 bits per heavy atom. The van der Waals surface area contributed by atoms with Crippen LogP contribution in [0.1, 0.15) is 19.8 Å². The zero-order valence-corrected chi connectivity index (χ0v) is 18.0. The molecular weight excluding hydrogens is 432 g/mol. The Morgan fingerprint density at radius 3 is 2.50 bits per heavy atom. The van der Waals surface area contributed by atoms with Crippen LogP contribution in [-0.4, -0.2) is 33.5 Å². The van der Waals surface area contributed by atoms with Gasteiger partial charge in [-0.15, -0.1) is 0 Å². The van der Waals surface area contributed by atoms with Crippen LogP contribution >= 0.6 is 11.6 Å². The molecule has 1 unspecified atom stereocenters. The van der Waals surface area contributed by atoms with E-state index in [1.807, 2.05) is 6.92 Å². The molecule has 0 bridgehead atoms. The lowest BCUT2D eigenvalue weighted by atomic mass is 10.1. The van der Waals surface area contributed by atoms with Crippen LogP contribution in [0.3, 0.4) is 0 Å². The summed E-state index contributed by atoms with van der Waals surface area (Å²) in [5.41, 5.74) is 5.51. The van der Waals surface area contributed by atoms with Gasteiger partial charge in [0.2, 0.25) is 5.91 Å². The fourth-order valence-corrected chi connectivity index (χ4v) is 4.18. The molecule has 3 amide bonds. The van der Waals surface area contributed by atoms with Gasteiger partial charge >= 0.3 is 6.03 Å². The molecule has 0 aliphatic rings. The van der Waals surface area contributed by atoms with Gasteiger partial charge < -0.3 is 21.1 Å². The molecule has 0 aliphatic carbocycles. The van der Waals surface area contributed by atoms with E-state index in [2.05, 4.69) is 15.4 Å². The maximum absolute atomic E-state index is 12.9. The minimum absolute atomic E-state index is 0.0768. The van der Waals surface area contributed by atoms with Crippen LogP contribution in [-0.2, 0) is 14.8 Å². The topological polar surface area (TPSA) is 140 Å². The van der Waals surface area contributed by atoms with Gasteiger partial charge in [0, 0.05) is 5.69 Å². The molecule has 0 fully saturated rings. The van der Waals surface area contributed by atoms with E-state index >= 15 is 0 Å². The normalized spacial score (nSPS) is 12.0. The van der Waals surface area contributed by atoms with Gasteiger partial charge in [0.15, 0.2) is 0 Å². The zero-order valence-electron chi connectivity index (χ0n) is 16.4. The number of benzene rings is 2. The van der Waals surface area contributed by atoms with Gasteiger partial charge in [-0.1, -0.05) is 37.1 Å². The van der Waals surface area contributed by atoms with Crippen LogP contribution < -0.4 is 25.8 Å². The second kappa shape index (κ2) is 10.2. The second-order valence-corrected chi connectivity index (χ2v) is 8.35. The molecule has 0 spiro atoms. The Morgan fingerprint density at radius 2 is 1.90 bits per heavy atom. The summed E-state index contributed by atoms with van der Waals surface area (Å²) in [5.74, 6) is -0.448. The van der Waals surface area contributed by atoms with E-state index in [4.69, 9.17) is 22.1 Å². The predicted molar refractivity (Wildman–Crippen MR) is 115 cm³/mol. The summed E-state index contributed by atoms with van der Waals surface area (Å²) in [6, 6.07) is 8.84. The minimum atomic E-state index is -4.09. The van der Waals surface area contributed by atoms with Crippen molar-refractivity contribution in [2.75, 3.05) is 17.1 Å². The number of nitrogens with two attached hydrogens (primary N) is 1. The first-order valence-corrected chi connectivity index (χ1v) is 10.9. The first-order valence-electron chi connectivity index (χ1n) is 9.00. The number of sulfonamides is 1. The van der Waals surface area contributed by atoms with Crippen molar-refractivity contribution in [2.45, 2.75) is 30.7 Å². The van der Waals surface area contributed by atoms with E-state index in [0.717, 1.165) is 0 Å². The average Bonchev–Trinajstić information content (AvgIpc) is 2.69. The molecule has 0 aromatic heterocycles. The molecule has 0 heterocycles. The third-order valence-corrected chi connectivity index (χ3v) is 5.77. The molecule has 2 aromatic carbocycles. The quantitative estimate of drug-likeness (QED) is 0.461. The number of nitrogens with one attached hydrogen (secondary N) is 3. The predicted octanol–water partition coefficient (Wildman–Crippen LogP) is 2.92. The van der Waals surface area contributed by atoms with Gasteiger partial charge in [-0.05, 0) is 36.8 Å². The molecule has 2 aromatic rings. The van der Waals surface area contributed by atoms with E-state index in [0.29, 0.717) is 12.8 Å². The van der Waals surface area contributed by atoms with E-state index < -0.39 is 28.0 Å². The Labute approximate surface area is 180 Å². The standard InChI is InChI=1S/C19H23ClN4O5S/c1-3-6-15(23-19(21)26)18(25)22-12-9-10-16(29-2)17(11-12)30(27,28)24-14-8-5-4-7-13(14)20/h4-5,7-11,15,24H,3,6H2,1-2H3,(H,22,25)(H3,21,23,26). The summed E-state index contributed by atoms with van der Waals surface area (Å²) in [6.45, 7) is 1.85. The number of hydrogen-bond acceptors (Lipinski definition) is 5. The first-order chi connectivity index (χ1) is 14.2. The lowest BCUT2D eigenvalue weighted by Crippen LogP contribution is -2.46. The summed E-state index contributed by atoms with van der Waals surface area (Å²) in [4.78, 5) is 23.4. The highest BCUT2D eigenvalue weighted by atomic mass is 35.5. The van der Waals surface area contributed by atoms with Crippen molar-refractivity contribution in [2.24, 2.45) is 5.73 Å². The molecule has 0 aliphatic heterocycles. The third-order valence-electron chi connectivity index (χ3n) is 4.05. The van der Waals surface area contributed by atoms with E-state index in [9.17, 15) is 18.0 Å². The van der Waals surface area contributed by atoms with Crippen molar-refractivity contribution in [1.29, 1.82) is 0 Å². The van der Waals surface area contributed by atoms with Crippen LogP contribution in [0, 0.1) is 0 Å². The van der Waals surface area contributed by atoms with Gasteiger partial charge in [0.05, 0.1) is 17.8 Å². The van der Waals surface area contributed by atoms with Crippen LogP contribution in [0.15, 0.2) is 47.4 Å². The highest BCUT2D eigenvalue weighted by Crippen LogP contribution is 2.30. The van der Waals surface area contributed by atoms with Crippen molar-refractivity contribution < 1.29 is 22.7 Å². The molecule has 2 rings (SSSR count). The summed E-state index contributed by atoms with van der Waals surface area (Å²) >= 11 is 6.04. The Bertz CT molecular complexity index is 1030. The van der Waals surface area contributed by atoms with Crippen LogP contribution in [0.2, 0.25) is 5.02 Å². The number of methoxy groups -OCH3 is 1. The van der Waals surface area contributed by atoms with Crippen molar-refractivity contribution in [3.05, 3.63) is 47.5 Å². The number of hydrogen-bond donors (Lipinski definition) is 4. The molecule has 9 nitrogen and oxygen atoms in total. The molecular formula is C19H23ClN4O5S. The number of primary amides is 1. The largest absolute Gasteiger partial charge is 0.495 e. The van der Waals surface area contributed by atoms with Crippen molar-refractivity contribution in [3.8, 4) is 5.75 Å². The lowest BCUT2D eigenvalue weighted by molar-refractivity contribution is -0.118. The highest BCUT2D eigenvalue weighted by molar-refractivity contribution is 7.92. The van der Waals surface area contributed by atoms with Gasteiger partial charge in [0.25, 0.3) is 10.0 Å². The summed E-state index contributed by atoms with van der Waals surface area (Å²) in [7, 11) is -2.76. The van der Waals surface area contributed by atoms with Gasteiger partial charge in [-0.3, -0.25) is 9.52 Å². The number of amides is 3. The number of anilines is 2. The lowest BCUT2D eigenvalue weighted by Gasteiger charge is -2.18. The molecule has 1 atom stereocenters. The van der Waals surface area contributed by atoms with Gasteiger partial charge in [-0.25, -0.2) is 13.2 Å². The van der Waals surface area contributed by atoms with E-state index in [-0.39, 0.29) is 27.0 Å². The van der Waals surface area contributed by atoms with Crippen molar-refractivity contribution >= 4 is 44.9 Å². The smallest absolute Gasteiger partial charge is 0.312 e. The molecule has 30 heavy (non-hydrogen) atoms. The highest BCUT2D eigenvalue weighted by Gasteiger charge is 2.23. The monoisotopic (exact) mass is 454 g/mol. The molecule has 0 radical (unpaired) electrons. The third kappa shape index (κ3) is 6.01. The Hall–Kier alpha value is -2.98. The Balaban J connectivity index is 2.33. The van der Waals surface area contributed by atoms with Crippen LogP contribution in [0.4, 0.5) is 16.2 Å². The Kier molecular flexibility index (Phi) is 7.90. The van der Waals surface area contributed by atoms with Crippen molar-refractivity contribution in [1.82, 2.24) is 5.32 Å². The fourth-order valence-electron chi connectivity index (χ4n) is 2.67.